The van der Waals surface area contributed by atoms with Crippen LogP contribution in [0.2, 0.25) is 0 Å². The molecule has 21 heavy (non-hydrogen) atoms. The normalized spacial score (nSPS) is 14.6. The van der Waals surface area contributed by atoms with Crippen molar-refractivity contribution >= 4 is 48.3 Å². The van der Waals surface area contributed by atoms with Crippen molar-refractivity contribution in [3.05, 3.63) is 50.4 Å². The number of hydrogen-bond donors (Lipinski definition) is 1. The SMILES string of the molecule is Nc1cc(Br)ccc1S(=O)Cc1cc(Br)cc2c1OCC2. The van der Waals surface area contributed by atoms with Crippen molar-refractivity contribution < 1.29 is 8.95 Å². The van der Waals surface area contributed by atoms with Gasteiger partial charge in [0, 0.05) is 26.6 Å². The highest BCUT2D eigenvalue weighted by atomic mass is 79.9. The molecule has 0 saturated carbocycles. The van der Waals surface area contributed by atoms with Gasteiger partial charge in [0.2, 0.25) is 0 Å². The quantitative estimate of drug-likeness (QED) is 0.747. The minimum Gasteiger partial charge on any atom is -0.493 e. The zero-order valence-corrected chi connectivity index (χ0v) is 15.1. The Morgan fingerprint density at radius 2 is 2.00 bits per heavy atom. The standard InChI is InChI=1S/C15H13Br2NO2S/c16-11-1-2-14(13(18)7-11)21(19)8-10-6-12(17)5-9-3-4-20-15(9)10/h1-2,5-7H,3-4,8,18H2. The van der Waals surface area contributed by atoms with Crippen molar-refractivity contribution in [1.29, 1.82) is 0 Å². The maximum Gasteiger partial charge on any atom is 0.126 e. The molecule has 1 heterocycles. The van der Waals surface area contributed by atoms with E-state index in [9.17, 15) is 4.21 Å². The summed E-state index contributed by atoms with van der Waals surface area (Å²) in [6.07, 6.45) is 0.898. The van der Waals surface area contributed by atoms with Crippen molar-refractivity contribution in [2.45, 2.75) is 17.1 Å². The van der Waals surface area contributed by atoms with Gasteiger partial charge in [0.05, 0.1) is 28.1 Å². The van der Waals surface area contributed by atoms with Crippen LogP contribution in [0.3, 0.4) is 0 Å². The van der Waals surface area contributed by atoms with Gasteiger partial charge in [-0.15, -0.1) is 0 Å². The first kappa shape index (κ1) is 15.1. The Labute approximate surface area is 142 Å². The first-order chi connectivity index (χ1) is 10.0. The molecular weight excluding hydrogens is 418 g/mol. The van der Waals surface area contributed by atoms with Crippen LogP contribution < -0.4 is 10.5 Å². The van der Waals surface area contributed by atoms with Gasteiger partial charge in [-0.3, -0.25) is 4.21 Å². The van der Waals surface area contributed by atoms with Gasteiger partial charge in [0.1, 0.15) is 5.75 Å². The Balaban J connectivity index is 1.92. The van der Waals surface area contributed by atoms with Gasteiger partial charge in [0.15, 0.2) is 0 Å². The molecule has 0 aliphatic carbocycles. The third-order valence-corrected chi connectivity index (χ3v) is 5.72. The Morgan fingerprint density at radius 3 is 2.76 bits per heavy atom. The molecule has 0 bridgehead atoms. The number of fused-ring (bicyclic) bond motifs is 1. The Hall–Kier alpha value is -0.850. The fraction of sp³-hybridized carbons (Fsp3) is 0.200. The van der Waals surface area contributed by atoms with E-state index < -0.39 is 10.8 Å². The maximum atomic E-state index is 12.6. The molecule has 110 valence electrons. The molecule has 2 aromatic rings. The predicted molar refractivity (Wildman–Crippen MR) is 92.0 cm³/mol. The molecule has 1 aliphatic heterocycles. The average molecular weight is 431 g/mol. The molecule has 0 amide bonds. The summed E-state index contributed by atoms with van der Waals surface area (Å²) < 4.78 is 20.1. The van der Waals surface area contributed by atoms with Crippen molar-refractivity contribution in [3.63, 3.8) is 0 Å². The molecule has 2 aromatic carbocycles. The smallest absolute Gasteiger partial charge is 0.126 e. The van der Waals surface area contributed by atoms with Gasteiger partial charge >= 0.3 is 0 Å². The van der Waals surface area contributed by atoms with Crippen LogP contribution in [0.25, 0.3) is 0 Å². The summed E-state index contributed by atoms with van der Waals surface area (Å²) in [5.74, 6) is 1.27. The number of anilines is 1. The third kappa shape index (κ3) is 3.17. The summed E-state index contributed by atoms with van der Waals surface area (Å²) in [4.78, 5) is 0.657. The molecule has 0 aromatic heterocycles. The number of benzene rings is 2. The third-order valence-electron chi connectivity index (χ3n) is 3.33. The summed E-state index contributed by atoms with van der Waals surface area (Å²) in [5.41, 5.74) is 8.62. The summed E-state index contributed by atoms with van der Waals surface area (Å²) >= 11 is 6.86. The lowest BCUT2D eigenvalue weighted by Gasteiger charge is -2.10. The van der Waals surface area contributed by atoms with E-state index in [0.29, 0.717) is 22.9 Å². The maximum absolute atomic E-state index is 12.6. The molecule has 3 nitrogen and oxygen atoms in total. The van der Waals surface area contributed by atoms with Crippen molar-refractivity contribution in [1.82, 2.24) is 0 Å². The highest BCUT2D eigenvalue weighted by Gasteiger charge is 2.20. The van der Waals surface area contributed by atoms with Crippen LogP contribution >= 0.6 is 31.9 Å². The van der Waals surface area contributed by atoms with Crippen LogP contribution in [-0.4, -0.2) is 10.8 Å². The number of nitrogens with two attached hydrogens (primary N) is 1. The second-order valence-corrected chi connectivity index (χ2v) is 8.07. The minimum atomic E-state index is -1.20. The van der Waals surface area contributed by atoms with Gasteiger partial charge in [0.25, 0.3) is 0 Å². The molecule has 6 heteroatoms. The van der Waals surface area contributed by atoms with Gasteiger partial charge in [-0.25, -0.2) is 0 Å². The topological polar surface area (TPSA) is 52.3 Å². The van der Waals surface area contributed by atoms with Crippen LogP contribution in [0.15, 0.2) is 44.2 Å². The number of nitrogen functional groups attached to an aromatic ring is 1. The van der Waals surface area contributed by atoms with E-state index in [2.05, 4.69) is 37.9 Å². The Kier molecular flexibility index (Phi) is 4.38. The van der Waals surface area contributed by atoms with Crippen molar-refractivity contribution in [2.75, 3.05) is 12.3 Å². The van der Waals surface area contributed by atoms with Crippen LogP contribution in [0.5, 0.6) is 5.75 Å². The molecule has 1 aliphatic rings. The summed E-state index contributed by atoms with van der Waals surface area (Å²) in [6, 6.07) is 9.45. The van der Waals surface area contributed by atoms with Crippen LogP contribution in [0.4, 0.5) is 5.69 Å². The van der Waals surface area contributed by atoms with E-state index in [1.807, 2.05) is 12.1 Å². The summed E-state index contributed by atoms with van der Waals surface area (Å²) in [6.45, 7) is 0.686. The highest BCUT2D eigenvalue weighted by molar-refractivity contribution is 9.10. The number of rotatable bonds is 3. The second kappa shape index (κ2) is 6.10. The number of ether oxygens (including phenoxy) is 1. The van der Waals surface area contributed by atoms with E-state index in [1.54, 1.807) is 12.1 Å². The van der Waals surface area contributed by atoms with Crippen molar-refractivity contribution in [2.24, 2.45) is 0 Å². The molecular formula is C15H13Br2NO2S. The van der Waals surface area contributed by atoms with Gasteiger partial charge < -0.3 is 10.5 Å². The fourth-order valence-electron chi connectivity index (χ4n) is 2.40. The molecule has 2 N–H and O–H groups in total. The fourth-order valence-corrected chi connectivity index (χ4v) is 4.52. The summed E-state index contributed by atoms with van der Waals surface area (Å²) in [7, 11) is -1.20. The summed E-state index contributed by atoms with van der Waals surface area (Å²) in [5, 5.41) is 0. The monoisotopic (exact) mass is 429 g/mol. The van der Waals surface area contributed by atoms with Gasteiger partial charge in [-0.2, -0.15) is 0 Å². The van der Waals surface area contributed by atoms with E-state index in [-0.39, 0.29) is 0 Å². The van der Waals surface area contributed by atoms with E-state index >= 15 is 0 Å². The lowest BCUT2D eigenvalue weighted by atomic mass is 10.1. The van der Waals surface area contributed by atoms with E-state index in [1.165, 1.54) is 5.56 Å². The largest absolute Gasteiger partial charge is 0.493 e. The molecule has 0 saturated heterocycles. The van der Waals surface area contributed by atoms with Crippen LogP contribution in [-0.2, 0) is 23.0 Å². The van der Waals surface area contributed by atoms with E-state index in [0.717, 1.165) is 26.7 Å². The average Bonchev–Trinajstić information content (AvgIpc) is 2.86. The number of hydrogen-bond acceptors (Lipinski definition) is 3. The first-order valence-corrected chi connectivity index (χ1v) is 9.32. The van der Waals surface area contributed by atoms with Crippen LogP contribution in [0.1, 0.15) is 11.1 Å². The zero-order valence-electron chi connectivity index (χ0n) is 11.1. The molecule has 3 rings (SSSR count). The zero-order chi connectivity index (χ0) is 15.0. The molecule has 1 unspecified atom stereocenters. The first-order valence-electron chi connectivity index (χ1n) is 6.42. The Bertz CT molecular complexity index is 734. The van der Waals surface area contributed by atoms with Gasteiger partial charge in [-0.1, -0.05) is 31.9 Å². The minimum absolute atomic E-state index is 0.396. The molecule has 0 spiro atoms. The lowest BCUT2D eigenvalue weighted by Crippen LogP contribution is -2.02. The predicted octanol–water partition coefficient (Wildman–Crippen LogP) is 4.04. The van der Waals surface area contributed by atoms with Gasteiger partial charge in [-0.05, 0) is 35.9 Å². The molecule has 0 fully saturated rings. The molecule has 1 atom stereocenters. The Morgan fingerprint density at radius 1 is 1.19 bits per heavy atom. The van der Waals surface area contributed by atoms with Crippen LogP contribution in [0, 0.1) is 0 Å². The van der Waals surface area contributed by atoms with Crippen molar-refractivity contribution in [3.8, 4) is 5.75 Å². The highest BCUT2D eigenvalue weighted by Crippen LogP contribution is 2.35. The molecule has 0 radical (unpaired) electrons. The van der Waals surface area contributed by atoms with E-state index in [4.69, 9.17) is 10.5 Å². The second-order valence-electron chi connectivity index (χ2n) is 4.82. The lowest BCUT2D eigenvalue weighted by molar-refractivity contribution is 0.354. The number of halogens is 2.